The number of alkyl halides is 2. The zero-order valence-corrected chi connectivity index (χ0v) is 10.0. The van der Waals surface area contributed by atoms with Gasteiger partial charge in [-0.15, -0.1) is 0 Å². The van der Waals surface area contributed by atoms with Crippen LogP contribution in [0.5, 0.6) is 0 Å². The maximum absolute atomic E-state index is 13.0. The molecule has 0 unspecified atom stereocenters. The summed E-state index contributed by atoms with van der Waals surface area (Å²) in [4.78, 5) is 10.3. The van der Waals surface area contributed by atoms with Crippen LogP contribution in [0.2, 0.25) is 5.02 Å². The first-order valence-electron chi connectivity index (χ1n) is 4.94. The summed E-state index contributed by atoms with van der Waals surface area (Å²) in [5.41, 5.74) is 1.70. The summed E-state index contributed by atoms with van der Waals surface area (Å²) < 4.78 is 26.1. The van der Waals surface area contributed by atoms with Gasteiger partial charge in [0.25, 0.3) is 0 Å². The van der Waals surface area contributed by atoms with Crippen molar-refractivity contribution >= 4 is 11.6 Å². The van der Waals surface area contributed by atoms with Crippen molar-refractivity contribution in [1.29, 1.82) is 0 Å². The molecule has 90 valence electrons. The molecule has 0 aliphatic carbocycles. The highest BCUT2D eigenvalue weighted by atomic mass is 35.5. The smallest absolute Gasteiger partial charge is 0.301 e. The number of rotatable bonds is 2. The van der Waals surface area contributed by atoms with Gasteiger partial charge in [-0.05, 0) is 13.0 Å². The van der Waals surface area contributed by atoms with E-state index >= 15 is 0 Å². The van der Waals surface area contributed by atoms with Gasteiger partial charge < -0.3 is 4.98 Å². The molecule has 0 bridgehead atoms. The molecule has 0 radical (unpaired) electrons. The van der Waals surface area contributed by atoms with Gasteiger partial charge in [-0.2, -0.15) is 8.78 Å². The van der Waals surface area contributed by atoms with Crippen LogP contribution in [-0.2, 0) is 5.92 Å². The molecule has 3 nitrogen and oxygen atoms in total. The normalized spacial score (nSPS) is 11.8. The number of pyridine rings is 1. The lowest BCUT2D eigenvalue weighted by atomic mass is 10.1. The average molecular weight is 258 g/mol. The van der Waals surface area contributed by atoms with Gasteiger partial charge in [-0.25, -0.2) is 4.98 Å². The third-order valence-electron chi connectivity index (χ3n) is 2.35. The number of hydrogen-bond donors (Lipinski definition) is 1. The fraction of sp³-hybridized carbons (Fsp3) is 0.273. The Labute approximate surface area is 102 Å². The first-order valence-corrected chi connectivity index (χ1v) is 5.32. The molecule has 0 amide bonds. The monoisotopic (exact) mass is 257 g/mol. The Morgan fingerprint density at radius 2 is 2.06 bits per heavy atom. The summed E-state index contributed by atoms with van der Waals surface area (Å²) in [7, 11) is 0. The largest absolute Gasteiger partial charge is 0.337 e. The summed E-state index contributed by atoms with van der Waals surface area (Å²) in [5.74, 6) is -3.38. The zero-order chi connectivity index (χ0) is 12.6. The summed E-state index contributed by atoms with van der Waals surface area (Å²) >= 11 is 6.01. The number of halogens is 3. The molecule has 1 N–H and O–H groups in total. The fourth-order valence-electron chi connectivity index (χ4n) is 1.53. The molecule has 0 aliphatic heterocycles. The SMILES string of the molecule is Cc1nccc(Cl)c1-c1cnc(C(C)(F)F)[nH]1. The Hall–Kier alpha value is -1.49. The van der Waals surface area contributed by atoms with Crippen LogP contribution in [0, 0.1) is 6.92 Å². The molecule has 0 saturated carbocycles. The minimum atomic E-state index is -3.00. The van der Waals surface area contributed by atoms with Crippen LogP contribution in [0.4, 0.5) is 8.78 Å². The second-order valence-electron chi connectivity index (χ2n) is 3.79. The van der Waals surface area contributed by atoms with Gasteiger partial charge in [0.15, 0.2) is 5.82 Å². The number of hydrogen-bond acceptors (Lipinski definition) is 2. The van der Waals surface area contributed by atoms with Gasteiger partial charge in [-0.3, -0.25) is 4.98 Å². The highest BCUT2D eigenvalue weighted by Crippen LogP contribution is 2.31. The van der Waals surface area contributed by atoms with E-state index < -0.39 is 5.92 Å². The van der Waals surface area contributed by atoms with E-state index in [1.807, 2.05) is 0 Å². The number of imidazole rings is 1. The van der Waals surface area contributed by atoms with Crippen LogP contribution < -0.4 is 0 Å². The van der Waals surface area contributed by atoms with Gasteiger partial charge in [0.1, 0.15) is 0 Å². The number of H-pyrrole nitrogens is 1. The van der Waals surface area contributed by atoms with Gasteiger partial charge >= 0.3 is 5.92 Å². The summed E-state index contributed by atoms with van der Waals surface area (Å²) in [5, 5.41) is 0.451. The molecule has 0 aliphatic rings. The summed E-state index contributed by atoms with van der Waals surface area (Å²) in [6.45, 7) is 2.54. The van der Waals surface area contributed by atoms with Crippen molar-refractivity contribution in [3.63, 3.8) is 0 Å². The van der Waals surface area contributed by atoms with Crippen molar-refractivity contribution in [3.05, 3.63) is 35.0 Å². The first kappa shape index (κ1) is 12.0. The standard InChI is InChI=1S/C11H10ClF2N3/c1-6-9(7(12)3-4-15-6)8-5-16-10(17-8)11(2,13)14/h3-5H,1-2H3,(H,16,17). The lowest BCUT2D eigenvalue weighted by Gasteiger charge is -2.06. The van der Waals surface area contributed by atoms with Gasteiger partial charge in [0, 0.05) is 24.4 Å². The van der Waals surface area contributed by atoms with Crippen molar-refractivity contribution in [1.82, 2.24) is 15.0 Å². The van der Waals surface area contributed by atoms with E-state index in [1.165, 1.54) is 6.20 Å². The molecule has 0 spiro atoms. The second kappa shape index (κ2) is 4.07. The average Bonchev–Trinajstić information content (AvgIpc) is 2.65. The highest BCUT2D eigenvalue weighted by molar-refractivity contribution is 6.33. The number of aromatic amines is 1. The van der Waals surface area contributed by atoms with Gasteiger partial charge in [0.05, 0.1) is 16.9 Å². The molecule has 6 heteroatoms. The Morgan fingerprint density at radius 1 is 1.35 bits per heavy atom. The summed E-state index contributed by atoms with van der Waals surface area (Å²) in [6.07, 6.45) is 2.90. The van der Waals surface area contributed by atoms with E-state index in [2.05, 4.69) is 15.0 Å². The van der Waals surface area contributed by atoms with Gasteiger partial charge in [0.2, 0.25) is 0 Å². The number of aromatic nitrogens is 3. The van der Waals surface area contributed by atoms with E-state index in [-0.39, 0.29) is 5.82 Å². The van der Waals surface area contributed by atoms with E-state index in [0.717, 1.165) is 6.92 Å². The first-order chi connectivity index (χ1) is 7.89. The topological polar surface area (TPSA) is 41.6 Å². The molecular formula is C11H10ClF2N3. The lowest BCUT2D eigenvalue weighted by Crippen LogP contribution is -2.09. The van der Waals surface area contributed by atoms with Crippen molar-refractivity contribution in [2.45, 2.75) is 19.8 Å². The zero-order valence-electron chi connectivity index (χ0n) is 9.26. The summed E-state index contributed by atoms with van der Waals surface area (Å²) in [6, 6.07) is 1.61. The fourth-order valence-corrected chi connectivity index (χ4v) is 1.82. The Morgan fingerprint density at radius 3 is 2.59 bits per heavy atom. The molecule has 2 rings (SSSR count). The van der Waals surface area contributed by atoms with Crippen LogP contribution in [0.25, 0.3) is 11.3 Å². The molecule has 0 saturated heterocycles. The van der Waals surface area contributed by atoms with E-state index in [9.17, 15) is 8.78 Å². The lowest BCUT2D eigenvalue weighted by molar-refractivity contribution is 0.00864. The third-order valence-corrected chi connectivity index (χ3v) is 2.67. The minimum absolute atomic E-state index is 0.383. The van der Waals surface area contributed by atoms with E-state index in [0.29, 0.717) is 22.0 Å². The van der Waals surface area contributed by atoms with Crippen molar-refractivity contribution in [2.75, 3.05) is 0 Å². The molecule has 2 heterocycles. The minimum Gasteiger partial charge on any atom is -0.337 e. The van der Waals surface area contributed by atoms with Crippen molar-refractivity contribution < 1.29 is 8.78 Å². The molecule has 0 aromatic carbocycles. The maximum Gasteiger partial charge on any atom is 0.301 e. The van der Waals surface area contributed by atoms with Crippen molar-refractivity contribution in [2.24, 2.45) is 0 Å². The second-order valence-corrected chi connectivity index (χ2v) is 4.19. The van der Waals surface area contributed by atoms with Crippen LogP contribution in [0.1, 0.15) is 18.4 Å². The van der Waals surface area contributed by atoms with E-state index in [4.69, 9.17) is 11.6 Å². The van der Waals surface area contributed by atoms with Crippen LogP contribution in [-0.4, -0.2) is 15.0 Å². The Balaban J connectivity index is 2.51. The molecule has 0 fully saturated rings. The number of nitrogens with zero attached hydrogens (tertiary/aromatic N) is 2. The van der Waals surface area contributed by atoms with Gasteiger partial charge in [-0.1, -0.05) is 11.6 Å². The van der Waals surface area contributed by atoms with Crippen LogP contribution in [0.3, 0.4) is 0 Å². The molecule has 0 atom stereocenters. The number of nitrogens with one attached hydrogen (secondary N) is 1. The molecule has 17 heavy (non-hydrogen) atoms. The Bertz CT molecular complexity index is 526. The molecule has 2 aromatic heterocycles. The predicted molar refractivity (Wildman–Crippen MR) is 61.1 cm³/mol. The maximum atomic E-state index is 13.0. The van der Waals surface area contributed by atoms with E-state index in [1.54, 1.807) is 19.2 Å². The highest BCUT2D eigenvalue weighted by Gasteiger charge is 2.28. The molecular weight excluding hydrogens is 248 g/mol. The predicted octanol–water partition coefficient (Wildman–Crippen LogP) is 3.55. The molecule has 2 aromatic rings. The quantitative estimate of drug-likeness (QED) is 0.894. The third kappa shape index (κ3) is 2.29. The van der Waals surface area contributed by atoms with Crippen LogP contribution >= 0.6 is 11.6 Å². The Kier molecular flexibility index (Phi) is 2.87. The van der Waals surface area contributed by atoms with Crippen molar-refractivity contribution in [3.8, 4) is 11.3 Å². The number of aryl methyl sites for hydroxylation is 1. The van der Waals surface area contributed by atoms with Crippen LogP contribution in [0.15, 0.2) is 18.5 Å².